The zero-order chi connectivity index (χ0) is 25.9. The maximum atomic E-state index is 13.8. The Morgan fingerprint density at radius 3 is 2.59 bits per heavy atom. The van der Waals surface area contributed by atoms with Crippen LogP contribution >= 0.6 is 23.2 Å². The second-order valence-electron chi connectivity index (χ2n) is 8.82. The fourth-order valence-electron chi connectivity index (χ4n) is 4.36. The Balaban J connectivity index is 1.39. The number of fused-ring (bicyclic) bond motifs is 1. The monoisotopic (exact) mass is 537 g/mol. The highest BCUT2D eigenvalue weighted by Crippen LogP contribution is 2.41. The van der Waals surface area contributed by atoms with Gasteiger partial charge in [0.05, 0.1) is 35.0 Å². The van der Waals surface area contributed by atoms with Gasteiger partial charge < -0.3 is 19.3 Å². The van der Waals surface area contributed by atoms with E-state index in [1.54, 1.807) is 47.5 Å². The molecule has 0 atom stereocenters. The van der Waals surface area contributed by atoms with Gasteiger partial charge in [0.25, 0.3) is 5.91 Å². The van der Waals surface area contributed by atoms with Crippen LogP contribution in [0.3, 0.4) is 0 Å². The first-order valence-corrected chi connectivity index (χ1v) is 12.7. The Morgan fingerprint density at radius 1 is 1.05 bits per heavy atom. The number of hydrogen-bond donors (Lipinski definition) is 0. The van der Waals surface area contributed by atoms with E-state index in [4.69, 9.17) is 27.9 Å². The first-order valence-electron chi connectivity index (χ1n) is 12.0. The molecule has 2 aliphatic rings. The smallest absolute Gasteiger partial charge is 0.309 e. The Hall–Kier alpha value is -3.55. The minimum atomic E-state index is -0.359. The molecule has 9 heteroatoms. The molecule has 7 nitrogen and oxygen atoms in total. The SMILES string of the molecule is COC(=O)CC=Cc1cc(Cl)c(Oc2ncccc2C(=O)N2CCN(C3CC3)c3ccccc32)cc1Cl. The number of esters is 1. The molecule has 1 amide bonds. The molecule has 0 spiro atoms. The Kier molecular flexibility index (Phi) is 7.35. The first-order chi connectivity index (χ1) is 18.0. The highest BCUT2D eigenvalue weighted by atomic mass is 35.5. The highest BCUT2D eigenvalue weighted by molar-refractivity contribution is 6.35. The molecule has 0 saturated heterocycles. The van der Waals surface area contributed by atoms with E-state index < -0.39 is 0 Å². The van der Waals surface area contributed by atoms with Crippen molar-refractivity contribution in [2.24, 2.45) is 0 Å². The number of para-hydroxylation sites is 2. The maximum absolute atomic E-state index is 13.8. The molecule has 2 aromatic carbocycles. The molecule has 0 N–H and O–H groups in total. The molecular formula is C28H25Cl2N3O4. The van der Waals surface area contributed by atoms with E-state index in [2.05, 4.69) is 20.7 Å². The van der Waals surface area contributed by atoms with Gasteiger partial charge in [-0.15, -0.1) is 0 Å². The number of benzene rings is 2. The van der Waals surface area contributed by atoms with E-state index in [1.807, 2.05) is 18.2 Å². The van der Waals surface area contributed by atoms with E-state index in [0.717, 1.165) is 17.9 Å². The van der Waals surface area contributed by atoms with Crippen LogP contribution in [0, 0.1) is 0 Å². The Labute approximate surface area is 225 Å². The van der Waals surface area contributed by atoms with Crippen molar-refractivity contribution in [1.82, 2.24) is 4.98 Å². The summed E-state index contributed by atoms with van der Waals surface area (Å²) in [7, 11) is 1.33. The molecule has 1 aliphatic heterocycles. The fraction of sp³-hybridized carbons (Fsp3) is 0.250. The third kappa shape index (κ3) is 5.43. The van der Waals surface area contributed by atoms with Crippen LogP contribution < -0.4 is 14.5 Å². The Bertz CT molecular complexity index is 1370. The molecular weight excluding hydrogens is 513 g/mol. The van der Waals surface area contributed by atoms with Crippen molar-refractivity contribution in [1.29, 1.82) is 0 Å². The van der Waals surface area contributed by atoms with Gasteiger partial charge in [-0.2, -0.15) is 0 Å². The third-order valence-electron chi connectivity index (χ3n) is 6.35. The number of hydrogen-bond acceptors (Lipinski definition) is 6. The highest BCUT2D eigenvalue weighted by Gasteiger charge is 2.36. The van der Waals surface area contributed by atoms with Crippen LogP contribution in [0.25, 0.3) is 6.08 Å². The number of rotatable bonds is 7. The van der Waals surface area contributed by atoms with Gasteiger partial charge in [-0.1, -0.05) is 47.5 Å². The fourth-order valence-corrected chi connectivity index (χ4v) is 4.79. The van der Waals surface area contributed by atoms with Crippen molar-refractivity contribution in [3.63, 3.8) is 0 Å². The first kappa shape index (κ1) is 25.1. The second kappa shape index (κ2) is 10.8. The van der Waals surface area contributed by atoms with Gasteiger partial charge in [-0.05, 0) is 48.7 Å². The van der Waals surface area contributed by atoms with Gasteiger partial charge in [-0.3, -0.25) is 9.59 Å². The molecule has 5 rings (SSSR count). The number of halogens is 2. The molecule has 1 aliphatic carbocycles. The molecule has 37 heavy (non-hydrogen) atoms. The number of pyridine rings is 1. The van der Waals surface area contributed by atoms with Crippen molar-refractivity contribution in [2.45, 2.75) is 25.3 Å². The normalized spacial score (nSPS) is 15.0. The summed E-state index contributed by atoms with van der Waals surface area (Å²) in [5.41, 5.74) is 2.89. The Morgan fingerprint density at radius 2 is 1.84 bits per heavy atom. The lowest BCUT2D eigenvalue weighted by Gasteiger charge is -2.38. The van der Waals surface area contributed by atoms with Crippen molar-refractivity contribution in [3.05, 3.63) is 82.0 Å². The molecule has 1 aromatic heterocycles. The van der Waals surface area contributed by atoms with E-state index in [1.165, 1.54) is 20.0 Å². The average Bonchev–Trinajstić information content (AvgIpc) is 3.76. The summed E-state index contributed by atoms with van der Waals surface area (Å²) < 4.78 is 10.7. The zero-order valence-electron chi connectivity index (χ0n) is 20.2. The average molecular weight is 538 g/mol. The summed E-state index contributed by atoms with van der Waals surface area (Å²) in [6, 6.07) is 15.1. The van der Waals surface area contributed by atoms with Crippen molar-refractivity contribution in [2.75, 3.05) is 30.0 Å². The summed E-state index contributed by atoms with van der Waals surface area (Å²) >= 11 is 12.9. The topological polar surface area (TPSA) is 72.0 Å². The van der Waals surface area contributed by atoms with Crippen LogP contribution in [-0.4, -0.2) is 43.1 Å². The standard InChI is InChI=1S/C28H25Cl2N3O4/c1-36-26(34)10-4-6-18-16-22(30)25(17-21(18)29)37-27-20(7-5-13-31-27)28(35)33-15-14-32(19-11-12-19)23-8-2-3-9-24(23)33/h2-9,13,16-17,19H,10-12,14-15H2,1H3. The number of carbonyl (C=O) groups excluding carboxylic acids is 2. The lowest BCUT2D eigenvalue weighted by molar-refractivity contribution is -0.139. The van der Waals surface area contributed by atoms with Crippen LogP contribution in [0.5, 0.6) is 11.6 Å². The summed E-state index contributed by atoms with van der Waals surface area (Å²) in [5.74, 6) is -0.150. The predicted molar refractivity (Wildman–Crippen MR) is 145 cm³/mol. The van der Waals surface area contributed by atoms with Gasteiger partial charge in [0, 0.05) is 31.4 Å². The molecule has 0 radical (unpaired) electrons. The molecule has 2 heterocycles. The quantitative estimate of drug-likeness (QED) is 0.325. The lowest BCUT2D eigenvalue weighted by atomic mass is 10.1. The van der Waals surface area contributed by atoms with Gasteiger partial charge in [0.2, 0.25) is 5.88 Å². The number of carbonyl (C=O) groups is 2. The molecule has 0 bridgehead atoms. The predicted octanol–water partition coefficient (Wildman–Crippen LogP) is 6.39. The van der Waals surface area contributed by atoms with E-state index in [9.17, 15) is 9.59 Å². The summed E-state index contributed by atoms with van der Waals surface area (Å²) in [4.78, 5) is 33.6. The third-order valence-corrected chi connectivity index (χ3v) is 6.97. The van der Waals surface area contributed by atoms with Crippen molar-refractivity contribution < 1.29 is 19.1 Å². The molecule has 190 valence electrons. The van der Waals surface area contributed by atoms with Crippen LogP contribution in [0.4, 0.5) is 11.4 Å². The number of methoxy groups -OCH3 is 1. The van der Waals surface area contributed by atoms with Crippen molar-refractivity contribution >= 4 is 52.5 Å². The lowest BCUT2D eigenvalue weighted by Crippen LogP contribution is -2.45. The number of ether oxygens (including phenoxy) is 2. The second-order valence-corrected chi connectivity index (χ2v) is 9.63. The van der Waals surface area contributed by atoms with E-state index >= 15 is 0 Å². The minimum absolute atomic E-state index is 0.111. The van der Waals surface area contributed by atoms with Gasteiger partial charge in [0.1, 0.15) is 11.3 Å². The van der Waals surface area contributed by atoms with Crippen LogP contribution in [0.15, 0.2) is 60.8 Å². The van der Waals surface area contributed by atoms with Crippen LogP contribution in [-0.2, 0) is 9.53 Å². The number of anilines is 2. The summed E-state index contributed by atoms with van der Waals surface area (Å²) in [6.07, 6.45) is 7.37. The largest absolute Gasteiger partial charge is 0.469 e. The number of amides is 1. The molecule has 3 aromatic rings. The summed E-state index contributed by atoms with van der Waals surface area (Å²) in [6.45, 7) is 1.34. The molecule has 0 unspecified atom stereocenters. The van der Waals surface area contributed by atoms with E-state index in [0.29, 0.717) is 28.7 Å². The number of nitrogens with zero attached hydrogens (tertiary/aromatic N) is 3. The molecule has 1 saturated carbocycles. The maximum Gasteiger partial charge on any atom is 0.309 e. The minimum Gasteiger partial charge on any atom is -0.469 e. The molecule has 1 fully saturated rings. The van der Waals surface area contributed by atoms with Gasteiger partial charge >= 0.3 is 5.97 Å². The van der Waals surface area contributed by atoms with Gasteiger partial charge in [0.15, 0.2) is 0 Å². The van der Waals surface area contributed by atoms with Crippen LogP contribution in [0.2, 0.25) is 10.0 Å². The van der Waals surface area contributed by atoms with Crippen LogP contribution in [0.1, 0.15) is 35.2 Å². The van der Waals surface area contributed by atoms with Crippen molar-refractivity contribution in [3.8, 4) is 11.6 Å². The van der Waals surface area contributed by atoms with E-state index in [-0.39, 0.29) is 34.9 Å². The summed E-state index contributed by atoms with van der Waals surface area (Å²) in [5, 5.41) is 0.656. The van der Waals surface area contributed by atoms with Gasteiger partial charge in [-0.25, -0.2) is 4.98 Å². The zero-order valence-corrected chi connectivity index (χ0v) is 21.7. The number of aromatic nitrogens is 1.